The minimum atomic E-state index is -0.474. The lowest BCUT2D eigenvalue weighted by atomic mass is 10.4. The zero-order valence-corrected chi connectivity index (χ0v) is 8.79. The van der Waals surface area contributed by atoms with Crippen molar-refractivity contribution >= 4 is 17.4 Å². The molecule has 7 heteroatoms. The van der Waals surface area contributed by atoms with Crippen LogP contribution in [-0.2, 0) is 0 Å². The van der Waals surface area contributed by atoms with Gasteiger partial charge < -0.3 is 0 Å². The van der Waals surface area contributed by atoms with Gasteiger partial charge in [0.15, 0.2) is 5.16 Å². The van der Waals surface area contributed by atoms with Crippen molar-refractivity contribution < 1.29 is 4.92 Å². The summed E-state index contributed by atoms with van der Waals surface area (Å²) in [5.74, 6) is 0. The van der Waals surface area contributed by atoms with Gasteiger partial charge in [-0.15, -0.1) is 0 Å². The molecular formula is C9H6N4O2S. The second-order valence-electron chi connectivity index (χ2n) is 2.73. The van der Waals surface area contributed by atoms with E-state index in [0.717, 1.165) is 11.8 Å². The van der Waals surface area contributed by atoms with Crippen molar-refractivity contribution in [1.82, 2.24) is 15.0 Å². The second kappa shape index (κ2) is 4.67. The van der Waals surface area contributed by atoms with Crippen LogP contribution in [0.3, 0.4) is 0 Å². The van der Waals surface area contributed by atoms with Crippen molar-refractivity contribution in [3.8, 4) is 0 Å². The fraction of sp³-hybridized carbons (Fsp3) is 0. The number of nitrogens with zero attached hydrogens (tertiary/aromatic N) is 4. The Labute approximate surface area is 94.9 Å². The molecule has 2 rings (SSSR count). The predicted molar refractivity (Wildman–Crippen MR) is 57.0 cm³/mol. The Bertz CT molecular complexity index is 506. The van der Waals surface area contributed by atoms with Gasteiger partial charge in [0.2, 0.25) is 0 Å². The van der Waals surface area contributed by atoms with Gasteiger partial charge in [0.1, 0.15) is 6.20 Å². The molecule has 0 aliphatic heterocycles. The van der Waals surface area contributed by atoms with E-state index in [0.29, 0.717) is 10.1 Å². The summed E-state index contributed by atoms with van der Waals surface area (Å²) in [6, 6.07) is 3.25. The Morgan fingerprint density at radius 3 is 2.69 bits per heavy atom. The lowest BCUT2D eigenvalue weighted by Gasteiger charge is -1.99. The smallest absolute Gasteiger partial charge is 0.258 e. The average molecular weight is 234 g/mol. The number of aromatic nitrogens is 3. The van der Waals surface area contributed by atoms with E-state index in [1.165, 1.54) is 12.4 Å². The molecule has 0 bridgehead atoms. The average Bonchev–Trinajstić information content (AvgIpc) is 2.31. The van der Waals surface area contributed by atoms with Gasteiger partial charge in [-0.3, -0.25) is 15.1 Å². The molecule has 0 aromatic carbocycles. The van der Waals surface area contributed by atoms with Gasteiger partial charge in [-0.25, -0.2) is 9.97 Å². The van der Waals surface area contributed by atoms with Crippen molar-refractivity contribution in [1.29, 1.82) is 0 Å². The molecule has 0 N–H and O–H groups in total. The van der Waals surface area contributed by atoms with Crippen LogP contribution in [0.5, 0.6) is 0 Å². The molecule has 2 heterocycles. The molecule has 80 valence electrons. The standard InChI is InChI=1S/C9H6N4O2S/c14-13(15)7-6-10-5-2-8(7)16-9-11-3-1-4-12-9/h1-6H. The summed E-state index contributed by atoms with van der Waals surface area (Å²) in [7, 11) is 0. The SMILES string of the molecule is O=[N+]([O-])c1cnccc1Sc1ncccn1. The molecule has 2 aromatic rings. The largest absolute Gasteiger partial charge is 0.301 e. The van der Waals surface area contributed by atoms with Crippen LogP contribution in [0.4, 0.5) is 5.69 Å². The molecule has 0 saturated heterocycles. The highest BCUT2D eigenvalue weighted by molar-refractivity contribution is 7.99. The van der Waals surface area contributed by atoms with Gasteiger partial charge in [-0.1, -0.05) is 0 Å². The molecule has 0 unspecified atom stereocenters. The van der Waals surface area contributed by atoms with Crippen LogP contribution in [0.15, 0.2) is 47.0 Å². The summed E-state index contributed by atoms with van der Waals surface area (Å²) >= 11 is 1.14. The molecule has 0 saturated carbocycles. The molecule has 0 radical (unpaired) electrons. The maximum absolute atomic E-state index is 10.7. The monoisotopic (exact) mass is 234 g/mol. The predicted octanol–water partition coefficient (Wildman–Crippen LogP) is 1.93. The van der Waals surface area contributed by atoms with Crippen molar-refractivity contribution in [3.63, 3.8) is 0 Å². The Hall–Kier alpha value is -2.02. The van der Waals surface area contributed by atoms with Crippen molar-refractivity contribution in [2.24, 2.45) is 0 Å². The number of nitro groups is 1. The lowest BCUT2D eigenvalue weighted by molar-refractivity contribution is -0.388. The number of hydrogen-bond donors (Lipinski definition) is 0. The molecule has 16 heavy (non-hydrogen) atoms. The molecule has 0 fully saturated rings. The number of pyridine rings is 1. The first-order chi connectivity index (χ1) is 7.77. The summed E-state index contributed by atoms with van der Waals surface area (Å²) in [5.41, 5.74) is -0.0417. The van der Waals surface area contributed by atoms with Gasteiger partial charge in [-0.05, 0) is 23.9 Å². The van der Waals surface area contributed by atoms with Gasteiger partial charge in [-0.2, -0.15) is 0 Å². The summed E-state index contributed by atoms with van der Waals surface area (Å²) in [6.07, 6.45) is 5.88. The third kappa shape index (κ3) is 2.31. The molecular weight excluding hydrogens is 228 g/mol. The van der Waals surface area contributed by atoms with E-state index < -0.39 is 4.92 Å². The highest BCUT2D eigenvalue weighted by Crippen LogP contribution is 2.31. The number of hydrogen-bond acceptors (Lipinski definition) is 6. The summed E-state index contributed by atoms with van der Waals surface area (Å²) < 4.78 is 0. The van der Waals surface area contributed by atoms with Crippen molar-refractivity contribution in [3.05, 3.63) is 47.0 Å². The van der Waals surface area contributed by atoms with E-state index in [2.05, 4.69) is 15.0 Å². The van der Waals surface area contributed by atoms with Gasteiger partial charge >= 0.3 is 5.69 Å². The first-order valence-corrected chi connectivity index (χ1v) is 5.12. The fourth-order valence-corrected chi connectivity index (χ4v) is 1.82. The maximum atomic E-state index is 10.7. The molecule has 0 spiro atoms. The quantitative estimate of drug-likeness (QED) is 0.458. The van der Waals surface area contributed by atoms with E-state index >= 15 is 0 Å². The highest BCUT2D eigenvalue weighted by atomic mass is 32.2. The fourth-order valence-electron chi connectivity index (χ4n) is 1.03. The van der Waals surface area contributed by atoms with E-state index in [-0.39, 0.29) is 5.69 Å². The lowest BCUT2D eigenvalue weighted by Crippen LogP contribution is -1.92. The zero-order chi connectivity index (χ0) is 11.4. The second-order valence-corrected chi connectivity index (χ2v) is 3.74. The van der Waals surface area contributed by atoms with Gasteiger partial charge in [0, 0.05) is 18.6 Å². The highest BCUT2D eigenvalue weighted by Gasteiger charge is 2.15. The molecule has 0 atom stereocenters. The molecule has 0 aliphatic carbocycles. The maximum Gasteiger partial charge on any atom is 0.301 e. The molecule has 2 aromatic heterocycles. The van der Waals surface area contributed by atoms with Crippen molar-refractivity contribution in [2.45, 2.75) is 10.1 Å². The van der Waals surface area contributed by atoms with Crippen LogP contribution in [0.1, 0.15) is 0 Å². The summed E-state index contributed by atoms with van der Waals surface area (Å²) in [6.45, 7) is 0. The molecule has 0 aliphatic rings. The minimum Gasteiger partial charge on any atom is -0.258 e. The van der Waals surface area contributed by atoms with Gasteiger partial charge in [0.05, 0.1) is 9.82 Å². The summed E-state index contributed by atoms with van der Waals surface area (Å²) in [5, 5.41) is 11.2. The minimum absolute atomic E-state index is 0.0417. The first-order valence-electron chi connectivity index (χ1n) is 4.30. The Balaban J connectivity index is 2.31. The summed E-state index contributed by atoms with van der Waals surface area (Å²) in [4.78, 5) is 22.4. The zero-order valence-electron chi connectivity index (χ0n) is 7.98. The molecule has 6 nitrogen and oxygen atoms in total. The van der Waals surface area contributed by atoms with Crippen LogP contribution >= 0.6 is 11.8 Å². The van der Waals surface area contributed by atoms with Crippen LogP contribution in [0.2, 0.25) is 0 Å². The first kappa shape index (κ1) is 10.5. The van der Waals surface area contributed by atoms with Crippen LogP contribution in [0, 0.1) is 10.1 Å². The Kier molecular flexibility index (Phi) is 3.06. The van der Waals surface area contributed by atoms with Crippen LogP contribution in [0.25, 0.3) is 0 Å². The van der Waals surface area contributed by atoms with Gasteiger partial charge in [0.25, 0.3) is 0 Å². The van der Waals surface area contributed by atoms with Crippen LogP contribution < -0.4 is 0 Å². The van der Waals surface area contributed by atoms with E-state index in [4.69, 9.17) is 0 Å². The normalized spacial score (nSPS) is 10.0. The Morgan fingerprint density at radius 1 is 1.25 bits per heavy atom. The number of rotatable bonds is 3. The van der Waals surface area contributed by atoms with E-state index in [1.54, 1.807) is 24.5 Å². The molecule has 0 amide bonds. The third-order valence-electron chi connectivity index (χ3n) is 1.70. The third-order valence-corrected chi connectivity index (χ3v) is 2.66. The van der Waals surface area contributed by atoms with Crippen LogP contribution in [-0.4, -0.2) is 19.9 Å². The van der Waals surface area contributed by atoms with E-state index in [1.807, 2.05) is 0 Å². The van der Waals surface area contributed by atoms with Crippen molar-refractivity contribution in [2.75, 3.05) is 0 Å². The topological polar surface area (TPSA) is 81.8 Å². The van der Waals surface area contributed by atoms with E-state index in [9.17, 15) is 10.1 Å². The Morgan fingerprint density at radius 2 is 2.00 bits per heavy atom.